The Balaban J connectivity index is 0.00000261. The van der Waals surface area contributed by atoms with E-state index in [2.05, 4.69) is 46.9 Å². The van der Waals surface area contributed by atoms with Crippen molar-refractivity contribution < 1.29 is 9.53 Å². The molecule has 27 heavy (non-hydrogen) atoms. The van der Waals surface area contributed by atoms with Crippen molar-refractivity contribution in [3.63, 3.8) is 0 Å². The van der Waals surface area contributed by atoms with Crippen LogP contribution in [0.5, 0.6) is 5.75 Å². The van der Waals surface area contributed by atoms with Gasteiger partial charge in [0.05, 0.1) is 18.8 Å². The maximum absolute atomic E-state index is 12.2. The Kier molecular flexibility index (Phi) is 8.06. The van der Waals surface area contributed by atoms with Gasteiger partial charge < -0.3 is 15.4 Å². The molecule has 0 unspecified atom stereocenters. The van der Waals surface area contributed by atoms with Crippen molar-refractivity contribution in [3.8, 4) is 5.75 Å². The number of benzene rings is 1. The highest BCUT2D eigenvalue weighted by Crippen LogP contribution is 2.18. The van der Waals surface area contributed by atoms with Gasteiger partial charge in [-0.15, -0.1) is 17.5 Å². The van der Waals surface area contributed by atoms with Crippen molar-refractivity contribution in [2.24, 2.45) is 0 Å². The molecule has 3 rings (SSSR count). The summed E-state index contributed by atoms with van der Waals surface area (Å²) in [6.45, 7) is 7.10. The topological polar surface area (TPSA) is 81.1 Å². The molecule has 0 bridgehead atoms. The van der Waals surface area contributed by atoms with Crippen molar-refractivity contribution in [3.05, 3.63) is 41.7 Å². The van der Waals surface area contributed by atoms with E-state index in [-0.39, 0.29) is 18.3 Å². The molecule has 148 valence electrons. The third-order valence-corrected chi connectivity index (χ3v) is 4.63. The molecule has 2 N–H and O–H groups in total. The minimum Gasteiger partial charge on any atom is -0.492 e. The number of amides is 1. The van der Waals surface area contributed by atoms with Crippen LogP contribution in [0, 0.1) is 0 Å². The van der Waals surface area contributed by atoms with Gasteiger partial charge in [-0.2, -0.15) is 0 Å². The van der Waals surface area contributed by atoms with Crippen molar-refractivity contribution >= 4 is 18.3 Å². The van der Waals surface area contributed by atoms with Crippen LogP contribution >= 0.6 is 12.4 Å². The molecule has 0 aliphatic carbocycles. The molecule has 2 heterocycles. The summed E-state index contributed by atoms with van der Waals surface area (Å²) >= 11 is 0. The lowest BCUT2D eigenvalue weighted by molar-refractivity contribution is 0.0942. The number of nitrogens with one attached hydrogen (secondary N) is 2. The van der Waals surface area contributed by atoms with E-state index in [0.29, 0.717) is 30.8 Å². The second kappa shape index (κ2) is 10.3. The highest BCUT2D eigenvalue weighted by Gasteiger charge is 2.18. The van der Waals surface area contributed by atoms with Crippen LogP contribution in [-0.4, -0.2) is 47.1 Å². The summed E-state index contributed by atoms with van der Waals surface area (Å²) in [6, 6.07) is 8.38. The first-order chi connectivity index (χ1) is 12.6. The fourth-order valence-corrected chi connectivity index (χ4v) is 3.00. The van der Waals surface area contributed by atoms with E-state index in [1.165, 1.54) is 5.56 Å². The van der Waals surface area contributed by atoms with E-state index < -0.39 is 0 Å². The Morgan fingerprint density at radius 3 is 2.67 bits per heavy atom. The number of rotatable bonds is 7. The average Bonchev–Trinajstić information content (AvgIpc) is 3.16. The minimum absolute atomic E-state index is 0. The van der Waals surface area contributed by atoms with Crippen molar-refractivity contribution in [2.45, 2.75) is 38.6 Å². The summed E-state index contributed by atoms with van der Waals surface area (Å²) in [7, 11) is 0. The molecule has 1 aliphatic heterocycles. The molecule has 0 saturated carbocycles. The van der Waals surface area contributed by atoms with E-state index in [1.807, 2.05) is 16.8 Å². The quantitative estimate of drug-likeness (QED) is 0.706. The fraction of sp³-hybridized carbons (Fsp3) is 0.526. The molecule has 1 fully saturated rings. The van der Waals surface area contributed by atoms with E-state index >= 15 is 0 Å². The number of ether oxygens (including phenoxy) is 1. The van der Waals surface area contributed by atoms with E-state index in [1.54, 1.807) is 6.20 Å². The molecule has 0 atom stereocenters. The molecule has 1 aromatic heterocycles. The zero-order chi connectivity index (χ0) is 18.4. The Bertz CT molecular complexity index is 711. The standard InChI is InChI=1S/C19H27N5O2.ClH/c1-14(2)15-3-5-17(6-4-15)26-12-11-21-19(25)18-13-24(23-22-18)16-7-9-20-10-8-16;/h3-6,13-14,16,20H,7-12H2,1-2H3,(H,21,25);1H. The monoisotopic (exact) mass is 393 g/mol. The summed E-state index contributed by atoms with van der Waals surface area (Å²) in [5.41, 5.74) is 1.63. The van der Waals surface area contributed by atoms with Crippen LogP contribution in [0.2, 0.25) is 0 Å². The number of halogens is 1. The summed E-state index contributed by atoms with van der Waals surface area (Å²) in [6.07, 6.45) is 3.75. The highest BCUT2D eigenvalue weighted by molar-refractivity contribution is 5.91. The Morgan fingerprint density at radius 1 is 1.30 bits per heavy atom. The molecule has 1 amide bonds. The number of piperidine rings is 1. The first kappa shape index (κ1) is 21.2. The Hall–Kier alpha value is -2.12. The van der Waals surface area contributed by atoms with Gasteiger partial charge in [0.15, 0.2) is 5.69 Å². The maximum atomic E-state index is 12.2. The molecule has 1 aliphatic rings. The van der Waals surface area contributed by atoms with Crippen LogP contribution in [0.15, 0.2) is 30.5 Å². The highest BCUT2D eigenvalue weighted by atomic mass is 35.5. The van der Waals surface area contributed by atoms with E-state index in [0.717, 1.165) is 31.7 Å². The normalized spacial score (nSPS) is 14.6. The van der Waals surface area contributed by atoms with Crippen molar-refractivity contribution in [1.82, 2.24) is 25.6 Å². The maximum Gasteiger partial charge on any atom is 0.273 e. The fourth-order valence-electron chi connectivity index (χ4n) is 3.00. The number of carbonyl (C=O) groups is 1. The largest absolute Gasteiger partial charge is 0.492 e. The van der Waals surface area contributed by atoms with E-state index in [9.17, 15) is 4.79 Å². The zero-order valence-electron chi connectivity index (χ0n) is 15.9. The molecule has 1 aromatic carbocycles. The van der Waals surface area contributed by atoms with Crippen LogP contribution in [0.25, 0.3) is 0 Å². The molecule has 0 spiro atoms. The smallest absolute Gasteiger partial charge is 0.273 e. The van der Waals surface area contributed by atoms with Gasteiger partial charge in [-0.25, -0.2) is 4.68 Å². The van der Waals surface area contributed by atoms with Gasteiger partial charge in [0, 0.05) is 0 Å². The van der Waals surface area contributed by atoms with Gasteiger partial charge in [0.25, 0.3) is 5.91 Å². The first-order valence-corrected chi connectivity index (χ1v) is 9.27. The molecule has 8 heteroatoms. The first-order valence-electron chi connectivity index (χ1n) is 9.27. The molecular formula is C19H28ClN5O2. The molecule has 0 radical (unpaired) electrons. The van der Waals surface area contributed by atoms with Crippen LogP contribution < -0.4 is 15.4 Å². The van der Waals surface area contributed by atoms with Crippen molar-refractivity contribution in [1.29, 1.82) is 0 Å². The summed E-state index contributed by atoms with van der Waals surface area (Å²) < 4.78 is 7.47. The minimum atomic E-state index is -0.219. The lowest BCUT2D eigenvalue weighted by Gasteiger charge is -2.22. The van der Waals surface area contributed by atoms with Gasteiger partial charge in [-0.05, 0) is 49.5 Å². The SMILES string of the molecule is CC(C)c1ccc(OCCNC(=O)c2cn(C3CCNCC3)nn2)cc1.Cl. The van der Waals surface area contributed by atoms with Gasteiger partial charge in [0.1, 0.15) is 12.4 Å². The summed E-state index contributed by atoms with van der Waals surface area (Å²) in [4.78, 5) is 12.2. The van der Waals surface area contributed by atoms with Crippen LogP contribution in [0.4, 0.5) is 0 Å². The summed E-state index contributed by atoms with van der Waals surface area (Å²) in [5.74, 6) is 1.09. The number of nitrogens with zero attached hydrogens (tertiary/aromatic N) is 3. The third-order valence-electron chi connectivity index (χ3n) is 4.63. The molecule has 2 aromatic rings. The Labute approximate surface area is 166 Å². The average molecular weight is 394 g/mol. The van der Waals surface area contributed by atoms with Crippen LogP contribution in [-0.2, 0) is 0 Å². The zero-order valence-corrected chi connectivity index (χ0v) is 16.7. The number of carbonyl (C=O) groups excluding carboxylic acids is 1. The number of hydrogen-bond donors (Lipinski definition) is 2. The van der Waals surface area contributed by atoms with Crippen molar-refractivity contribution in [2.75, 3.05) is 26.2 Å². The molecule has 7 nitrogen and oxygen atoms in total. The number of aromatic nitrogens is 3. The second-order valence-corrected chi connectivity index (χ2v) is 6.89. The van der Waals surface area contributed by atoms with Gasteiger partial charge >= 0.3 is 0 Å². The van der Waals surface area contributed by atoms with Crippen LogP contribution in [0.3, 0.4) is 0 Å². The predicted molar refractivity (Wildman–Crippen MR) is 107 cm³/mol. The lowest BCUT2D eigenvalue weighted by Crippen LogP contribution is -2.30. The van der Waals surface area contributed by atoms with Gasteiger partial charge in [-0.1, -0.05) is 31.2 Å². The second-order valence-electron chi connectivity index (χ2n) is 6.89. The van der Waals surface area contributed by atoms with Gasteiger partial charge in [-0.3, -0.25) is 4.79 Å². The molecular weight excluding hydrogens is 366 g/mol. The summed E-state index contributed by atoms with van der Waals surface area (Å²) in [5, 5.41) is 14.2. The van der Waals surface area contributed by atoms with Crippen LogP contribution in [0.1, 0.15) is 54.7 Å². The molecule has 1 saturated heterocycles. The predicted octanol–water partition coefficient (Wildman–Crippen LogP) is 2.56. The number of hydrogen-bond acceptors (Lipinski definition) is 5. The third kappa shape index (κ3) is 5.94. The van der Waals surface area contributed by atoms with Gasteiger partial charge in [0.2, 0.25) is 0 Å². The van der Waals surface area contributed by atoms with E-state index in [4.69, 9.17) is 4.74 Å². The lowest BCUT2D eigenvalue weighted by atomic mass is 10.0. The Morgan fingerprint density at radius 2 is 2.00 bits per heavy atom.